The Balaban J connectivity index is 1.56. The summed E-state index contributed by atoms with van der Waals surface area (Å²) in [5.41, 5.74) is 2.78. The number of hydrogen-bond acceptors (Lipinski definition) is 7. The van der Waals surface area contributed by atoms with Crippen molar-refractivity contribution in [1.29, 1.82) is 0 Å². The molecule has 1 aliphatic heterocycles. The minimum atomic E-state index is -1.26. The molecule has 0 saturated carbocycles. The largest absolute Gasteiger partial charge is 0.465 e. The highest BCUT2D eigenvalue weighted by Gasteiger charge is 2.44. The molecule has 3 aromatic heterocycles. The van der Waals surface area contributed by atoms with Gasteiger partial charge in [0.05, 0.1) is 24.0 Å². The summed E-state index contributed by atoms with van der Waals surface area (Å²) in [6, 6.07) is 9.03. The van der Waals surface area contributed by atoms with Crippen molar-refractivity contribution in [3.8, 4) is 0 Å². The van der Waals surface area contributed by atoms with Gasteiger partial charge in [-0.25, -0.2) is 9.98 Å². The van der Waals surface area contributed by atoms with Crippen LogP contribution in [0.3, 0.4) is 0 Å². The van der Waals surface area contributed by atoms with Crippen LogP contribution in [0.5, 0.6) is 0 Å². The van der Waals surface area contributed by atoms with Crippen molar-refractivity contribution in [3.63, 3.8) is 0 Å². The van der Waals surface area contributed by atoms with E-state index in [1.54, 1.807) is 49.8 Å². The number of hydrogen-bond donors (Lipinski definition) is 2. The second-order valence-corrected chi connectivity index (χ2v) is 6.90. The number of carbonyl (C=O) groups excluding carboxylic acids is 2. The number of nitrogens with zero attached hydrogens (tertiary/aromatic N) is 3. The van der Waals surface area contributed by atoms with Crippen LogP contribution in [-0.4, -0.2) is 44.4 Å². The Hall–Kier alpha value is -4.27. The average Bonchev–Trinajstić information content (AvgIpc) is 3.47. The molecule has 9 nitrogen and oxygen atoms in total. The van der Waals surface area contributed by atoms with Gasteiger partial charge >= 0.3 is 5.97 Å². The number of nitrogens with one attached hydrogen (secondary N) is 2. The van der Waals surface area contributed by atoms with Crippen LogP contribution in [0.15, 0.2) is 59.7 Å². The first-order chi connectivity index (χ1) is 15.1. The first-order valence-electron chi connectivity index (χ1n) is 9.68. The molecule has 31 heavy (non-hydrogen) atoms. The predicted octanol–water partition coefficient (Wildman–Crippen LogP) is 3.29. The van der Waals surface area contributed by atoms with Crippen molar-refractivity contribution in [1.82, 2.24) is 20.2 Å². The van der Waals surface area contributed by atoms with Crippen LogP contribution >= 0.6 is 0 Å². The Kier molecular flexibility index (Phi) is 4.55. The van der Waals surface area contributed by atoms with Gasteiger partial charge in [0.2, 0.25) is 11.7 Å². The summed E-state index contributed by atoms with van der Waals surface area (Å²) >= 11 is 0. The molecule has 1 fully saturated rings. The number of aliphatic imine (C=N–C) groups is 1. The van der Waals surface area contributed by atoms with Gasteiger partial charge in [0.15, 0.2) is 11.7 Å². The summed E-state index contributed by atoms with van der Waals surface area (Å²) in [4.78, 5) is 37.3. The maximum Gasteiger partial charge on any atom is 0.326 e. The Morgan fingerprint density at radius 1 is 1.35 bits per heavy atom. The van der Waals surface area contributed by atoms with E-state index in [-0.39, 0.29) is 18.3 Å². The topological polar surface area (TPSA) is 122 Å². The highest BCUT2D eigenvalue weighted by atomic mass is 16.5. The number of carbonyl (C=O) groups is 2. The Labute approximate surface area is 175 Å². The Morgan fingerprint density at radius 2 is 2.26 bits per heavy atom. The summed E-state index contributed by atoms with van der Waals surface area (Å²) in [6.07, 6.45) is 6.64. The summed E-state index contributed by atoms with van der Waals surface area (Å²) in [6.45, 7) is 1.82. The Morgan fingerprint density at radius 3 is 3.13 bits per heavy atom. The molecule has 1 saturated heterocycles. The number of pyridine rings is 1. The van der Waals surface area contributed by atoms with Gasteiger partial charge in [0.1, 0.15) is 5.65 Å². The first kappa shape index (κ1) is 18.7. The fourth-order valence-corrected chi connectivity index (χ4v) is 3.46. The summed E-state index contributed by atoms with van der Waals surface area (Å²) in [5.74, 6) is -2.45. The highest BCUT2D eigenvalue weighted by Crippen LogP contribution is 2.30. The zero-order valence-corrected chi connectivity index (χ0v) is 16.5. The van der Waals surface area contributed by atoms with Crippen molar-refractivity contribution in [2.45, 2.75) is 6.92 Å². The van der Waals surface area contributed by atoms with Crippen molar-refractivity contribution in [2.75, 3.05) is 6.61 Å². The smallest absolute Gasteiger partial charge is 0.326 e. The minimum Gasteiger partial charge on any atom is -0.465 e. The van der Waals surface area contributed by atoms with Crippen molar-refractivity contribution >= 4 is 51.4 Å². The fraction of sp³-hybridized carbons (Fsp3) is 0.136. The molecule has 4 heterocycles. The highest BCUT2D eigenvalue weighted by molar-refractivity contribution is 6.27. The number of H-pyrrole nitrogens is 2. The van der Waals surface area contributed by atoms with E-state index in [4.69, 9.17) is 9.47 Å². The molecule has 1 aliphatic rings. The van der Waals surface area contributed by atoms with E-state index in [0.717, 1.165) is 21.9 Å². The van der Waals surface area contributed by atoms with Gasteiger partial charge < -0.3 is 14.5 Å². The van der Waals surface area contributed by atoms with Gasteiger partial charge in [-0.2, -0.15) is 5.10 Å². The molecular formula is C22H17N5O4. The Bertz CT molecular complexity index is 1380. The fourth-order valence-electron chi connectivity index (χ4n) is 3.46. The molecule has 0 bridgehead atoms. The summed E-state index contributed by atoms with van der Waals surface area (Å²) in [5, 5.41) is 8.52. The average molecular weight is 415 g/mol. The number of aromatic amines is 2. The van der Waals surface area contributed by atoms with Gasteiger partial charge in [0.25, 0.3) is 0 Å². The number of ketones is 1. The number of aromatic nitrogens is 4. The van der Waals surface area contributed by atoms with E-state index in [0.29, 0.717) is 11.3 Å². The quantitative estimate of drug-likeness (QED) is 0.300. The molecule has 1 aromatic carbocycles. The third kappa shape index (κ3) is 3.35. The molecule has 4 aromatic rings. The third-order valence-corrected chi connectivity index (χ3v) is 4.92. The molecule has 9 heteroatoms. The summed E-state index contributed by atoms with van der Waals surface area (Å²) in [7, 11) is 0. The minimum absolute atomic E-state index is 0.0180. The predicted molar refractivity (Wildman–Crippen MR) is 113 cm³/mol. The molecule has 0 spiro atoms. The van der Waals surface area contributed by atoms with Crippen molar-refractivity contribution in [2.24, 2.45) is 10.9 Å². The van der Waals surface area contributed by atoms with E-state index < -0.39 is 17.7 Å². The lowest BCUT2D eigenvalue weighted by Crippen LogP contribution is -2.27. The van der Waals surface area contributed by atoms with Gasteiger partial charge in [-0.05, 0) is 43.3 Å². The van der Waals surface area contributed by atoms with Crippen LogP contribution in [0.2, 0.25) is 0 Å². The van der Waals surface area contributed by atoms with Gasteiger partial charge in [-0.15, -0.1) is 0 Å². The van der Waals surface area contributed by atoms with E-state index >= 15 is 0 Å². The molecule has 5 rings (SSSR count). The van der Waals surface area contributed by atoms with E-state index in [9.17, 15) is 9.59 Å². The standard InChI is InChI=1S/C22H17N5O4/c1-2-30-22(29)18-19(28)17(9-12-10-24-20-15(12)4-3-7-23-20)31-21(18)26-14-5-6-16-13(8-14)11-25-27-16/h3-11,18H,2H2,1H3,(H,23,24)(H,25,27)/b17-9-,26-21?. The lowest BCUT2D eigenvalue weighted by Gasteiger charge is -2.06. The molecule has 0 aliphatic carbocycles. The zero-order chi connectivity index (χ0) is 21.4. The van der Waals surface area contributed by atoms with Crippen LogP contribution in [0.4, 0.5) is 5.69 Å². The van der Waals surface area contributed by atoms with Crippen LogP contribution in [0, 0.1) is 5.92 Å². The number of fused-ring (bicyclic) bond motifs is 2. The van der Waals surface area contributed by atoms with Gasteiger partial charge in [-0.1, -0.05) is 0 Å². The molecule has 154 valence electrons. The van der Waals surface area contributed by atoms with Gasteiger partial charge in [0, 0.05) is 28.7 Å². The van der Waals surface area contributed by atoms with Gasteiger partial charge in [-0.3, -0.25) is 14.7 Å². The van der Waals surface area contributed by atoms with Crippen molar-refractivity contribution in [3.05, 3.63) is 60.2 Å². The zero-order valence-electron chi connectivity index (χ0n) is 16.5. The molecule has 1 atom stereocenters. The second kappa shape index (κ2) is 7.52. The number of esters is 1. The molecule has 0 amide bonds. The lowest BCUT2D eigenvalue weighted by atomic mass is 10.0. The lowest BCUT2D eigenvalue weighted by molar-refractivity contribution is -0.147. The van der Waals surface area contributed by atoms with Crippen molar-refractivity contribution < 1.29 is 19.1 Å². The van der Waals surface area contributed by atoms with Crippen LogP contribution in [-0.2, 0) is 19.1 Å². The number of ether oxygens (including phenoxy) is 2. The SMILES string of the molecule is CCOC(=O)C1C(=O)/C(=C/c2c[nH]c3ncccc23)OC1=Nc1ccc2[nH]ncc2c1. The van der Waals surface area contributed by atoms with Crippen LogP contribution in [0.1, 0.15) is 12.5 Å². The monoisotopic (exact) mass is 415 g/mol. The van der Waals surface area contributed by atoms with Crippen LogP contribution in [0.25, 0.3) is 28.0 Å². The number of Topliss-reactive ketones (excluding diaryl/α,β-unsaturated/α-hetero) is 1. The normalized spacial score (nSPS) is 18.9. The first-order valence-corrected chi connectivity index (χ1v) is 9.68. The third-order valence-electron chi connectivity index (χ3n) is 4.92. The maximum atomic E-state index is 13.0. The van der Waals surface area contributed by atoms with E-state index in [1.807, 2.05) is 12.1 Å². The van der Waals surface area contributed by atoms with E-state index in [2.05, 4.69) is 25.2 Å². The summed E-state index contributed by atoms with van der Waals surface area (Å²) < 4.78 is 10.9. The number of allylic oxidation sites excluding steroid dienone is 1. The maximum absolute atomic E-state index is 13.0. The molecular weight excluding hydrogens is 398 g/mol. The molecule has 2 N–H and O–H groups in total. The van der Waals surface area contributed by atoms with Crippen LogP contribution < -0.4 is 0 Å². The molecule has 0 radical (unpaired) electrons. The molecule has 1 unspecified atom stereocenters. The second-order valence-electron chi connectivity index (χ2n) is 6.90. The van der Waals surface area contributed by atoms with E-state index in [1.165, 1.54) is 0 Å². The number of rotatable bonds is 4. The number of benzene rings is 1.